The Hall–Kier alpha value is -2.51. The van der Waals surface area contributed by atoms with Gasteiger partial charge in [-0.1, -0.05) is 11.8 Å². The van der Waals surface area contributed by atoms with Gasteiger partial charge in [0.15, 0.2) is 4.34 Å². The van der Waals surface area contributed by atoms with Crippen LogP contribution in [0.25, 0.3) is 0 Å². The summed E-state index contributed by atoms with van der Waals surface area (Å²) in [7, 11) is 3.25. The quantitative estimate of drug-likeness (QED) is 0.513. The average molecular weight is 429 g/mol. The molecule has 0 spiro atoms. The largest absolute Gasteiger partial charge is 0.497 e. The molecule has 0 radical (unpaired) electrons. The molecule has 1 N–H and O–H groups in total. The fourth-order valence-corrected chi connectivity index (χ4v) is 4.77. The number of methoxy groups -OCH3 is 2. The van der Waals surface area contributed by atoms with Crippen molar-refractivity contribution in [2.45, 2.75) is 35.9 Å². The van der Waals surface area contributed by atoms with Gasteiger partial charge >= 0.3 is 0 Å². The number of hydrogen-bond donors (Lipinski definition) is 1. The summed E-state index contributed by atoms with van der Waals surface area (Å²) in [6.07, 6.45) is 0.931. The van der Waals surface area contributed by atoms with E-state index in [-0.39, 0.29) is 5.91 Å². The van der Waals surface area contributed by atoms with Crippen LogP contribution < -0.4 is 14.8 Å². The first-order chi connectivity index (χ1) is 14.0. The first kappa shape index (κ1) is 21.2. The van der Waals surface area contributed by atoms with E-state index in [1.54, 1.807) is 37.3 Å². The highest BCUT2D eigenvalue weighted by Gasteiger charge is 2.11. The molecule has 1 heterocycles. The molecule has 0 atom stereocenters. The summed E-state index contributed by atoms with van der Waals surface area (Å²) < 4.78 is 11.7. The van der Waals surface area contributed by atoms with E-state index in [1.165, 1.54) is 0 Å². The molecule has 0 aliphatic rings. The predicted octanol–water partition coefficient (Wildman–Crippen LogP) is 5.50. The summed E-state index contributed by atoms with van der Waals surface area (Å²) in [6, 6.07) is 11.6. The van der Waals surface area contributed by atoms with Gasteiger partial charge < -0.3 is 14.8 Å². The number of amides is 1. The lowest BCUT2D eigenvalue weighted by atomic mass is 10.1. The summed E-state index contributed by atoms with van der Waals surface area (Å²) >= 11 is 3.27. The summed E-state index contributed by atoms with van der Waals surface area (Å²) in [5, 5.41) is 5.05. The van der Waals surface area contributed by atoms with Crippen LogP contribution in [0.3, 0.4) is 0 Å². The number of benzene rings is 2. The fourth-order valence-electron chi connectivity index (χ4n) is 2.86. The van der Waals surface area contributed by atoms with Crippen molar-refractivity contribution in [2.24, 2.45) is 0 Å². The van der Waals surface area contributed by atoms with Gasteiger partial charge in [0.25, 0.3) is 0 Å². The van der Waals surface area contributed by atoms with Gasteiger partial charge in [0, 0.05) is 28.1 Å². The van der Waals surface area contributed by atoms with E-state index in [2.05, 4.69) is 16.4 Å². The molecule has 152 valence electrons. The maximum atomic E-state index is 12.5. The van der Waals surface area contributed by atoms with Crippen molar-refractivity contribution in [2.75, 3.05) is 19.5 Å². The molecule has 0 unspecified atom stereocenters. The molecule has 7 heteroatoms. The summed E-state index contributed by atoms with van der Waals surface area (Å²) in [5.41, 5.74) is 3.83. The molecule has 0 saturated heterocycles. The Bertz CT molecular complexity index is 1000. The molecule has 0 fully saturated rings. The molecule has 3 aromatic rings. The lowest BCUT2D eigenvalue weighted by molar-refractivity contribution is -0.116. The van der Waals surface area contributed by atoms with Crippen LogP contribution in [0.1, 0.15) is 23.2 Å². The molecule has 1 aromatic heterocycles. The highest BCUT2D eigenvalue weighted by molar-refractivity contribution is 8.01. The van der Waals surface area contributed by atoms with Gasteiger partial charge in [0.2, 0.25) is 5.91 Å². The summed E-state index contributed by atoms with van der Waals surface area (Å²) in [5.74, 6) is 1.48. The van der Waals surface area contributed by atoms with Crippen molar-refractivity contribution in [3.05, 3.63) is 58.6 Å². The number of ether oxygens (including phenoxy) is 2. The van der Waals surface area contributed by atoms with Crippen molar-refractivity contribution in [1.29, 1.82) is 0 Å². The van der Waals surface area contributed by atoms with Crippen molar-refractivity contribution in [3.63, 3.8) is 0 Å². The number of rotatable bonds is 8. The second-order valence-corrected chi connectivity index (χ2v) is 8.74. The number of nitrogens with zero attached hydrogens (tertiary/aromatic N) is 1. The first-order valence-electron chi connectivity index (χ1n) is 9.20. The average Bonchev–Trinajstić information content (AvgIpc) is 3.12. The lowest BCUT2D eigenvalue weighted by Crippen LogP contribution is -2.13. The van der Waals surface area contributed by atoms with Crippen LogP contribution >= 0.6 is 23.1 Å². The van der Waals surface area contributed by atoms with Crippen LogP contribution in [0, 0.1) is 13.8 Å². The number of anilines is 1. The maximum Gasteiger partial charge on any atom is 0.224 e. The van der Waals surface area contributed by atoms with E-state index in [0.29, 0.717) is 12.8 Å². The van der Waals surface area contributed by atoms with Gasteiger partial charge in [-0.25, -0.2) is 4.98 Å². The van der Waals surface area contributed by atoms with Gasteiger partial charge in [-0.3, -0.25) is 4.79 Å². The van der Waals surface area contributed by atoms with Crippen molar-refractivity contribution >= 4 is 34.7 Å². The standard InChI is InChI=1S/C22H24N2O3S2/c1-14-11-18(29-22-23-15(2)13-28-22)7-8-19(14)24-21(25)10-5-16-12-17(26-3)6-9-20(16)27-4/h6-9,11-13H,5,10H2,1-4H3,(H,24,25). The Morgan fingerprint density at radius 3 is 2.62 bits per heavy atom. The topological polar surface area (TPSA) is 60.5 Å². The molecule has 29 heavy (non-hydrogen) atoms. The summed E-state index contributed by atoms with van der Waals surface area (Å²) in [6.45, 7) is 3.99. The highest BCUT2D eigenvalue weighted by Crippen LogP contribution is 2.32. The van der Waals surface area contributed by atoms with E-state index in [9.17, 15) is 4.79 Å². The minimum atomic E-state index is -0.0334. The molecule has 0 aliphatic carbocycles. The molecule has 3 rings (SSSR count). The van der Waals surface area contributed by atoms with Gasteiger partial charge in [-0.15, -0.1) is 11.3 Å². The van der Waals surface area contributed by atoms with Crippen LogP contribution in [0.5, 0.6) is 11.5 Å². The zero-order valence-electron chi connectivity index (χ0n) is 16.9. The van der Waals surface area contributed by atoms with Gasteiger partial charge in [0.05, 0.1) is 14.2 Å². The van der Waals surface area contributed by atoms with E-state index in [4.69, 9.17) is 9.47 Å². The Labute approximate surface area is 179 Å². The molecular formula is C22H24N2O3S2. The molecule has 2 aromatic carbocycles. The number of carbonyl (C=O) groups excluding carboxylic acids is 1. The molecule has 5 nitrogen and oxygen atoms in total. The monoisotopic (exact) mass is 428 g/mol. The molecule has 0 aliphatic heterocycles. The normalized spacial score (nSPS) is 10.6. The Balaban J connectivity index is 1.60. The fraction of sp³-hybridized carbons (Fsp3) is 0.273. The molecule has 0 bridgehead atoms. The number of carbonyl (C=O) groups is 1. The van der Waals surface area contributed by atoms with Crippen LogP contribution in [-0.4, -0.2) is 25.1 Å². The Morgan fingerprint density at radius 1 is 1.14 bits per heavy atom. The maximum absolute atomic E-state index is 12.5. The van der Waals surface area contributed by atoms with E-state index >= 15 is 0 Å². The minimum absolute atomic E-state index is 0.0334. The van der Waals surface area contributed by atoms with Crippen LogP contribution in [0.15, 0.2) is 51.0 Å². The number of aryl methyl sites for hydroxylation is 3. The van der Waals surface area contributed by atoms with Crippen molar-refractivity contribution in [3.8, 4) is 11.5 Å². The highest BCUT2D eigenvalue weighted by atomic mass is 32.2. The first-order valence-corrected chi connectivity index (χ1v) is 10.9. The van der Waals surface area contributed by atoms with Crippen molar-refractivity contribution in [1.82, 2.24) is 4.98 Å². The van der Waals surface area contributed by atoms with Gasteiger partial charge in [-0.2, -0.15) is 0 Å². The third kappa shape index (κ3) is 5.74. The number of hydrogen-bond acceptors (Lipinski definition) is 6. The van der Waals surface area contributed by atoms with E-state index in [0.717, 1.165) is 43.2 Å². The van der Waals surface area contributed by atoms with Gasteiger partial charge in [0.1, 0.15) is 11.5 Å². The second kappa shape index (κ2) is 9.80. The number of aromatic nitrogens is 1. The Morgan fingerprint density at radius 2 is 1.97 bits per heavy atom. The van der Waals surface area contributed by atoms with Crippen molar-refractivity contribution < 1.29 is 14.3 Å². The summed E-state index contributed by atoms with van der Waals surface area (Å²) in [4.78, 5) is 18.1. The SMILES string of the molecule is COc1ccc(OC)c(CCC(=O)Nc2ccc(Sc3nc(C)cs3)cc2C)c1. The van der Waals surface area contributed by atoms with Crippen LogP contribution in [0.2, 0.25) is 0 Å². The van der Waals surface area contributed by atoms with E-state index in [1.807, 2.05) is 49.6 Å². The number of thiazole rings is 1. The van der Waals surface area contributed by atoms with Gasteiger partial charge in [-0.05, 0) is 67.8 Å². The third-order valence-electron chi connectivity index (χ3n) is 4.38. The minimum Gasteiger partial charge on any atom is -0.497 e. The second-order valence-electron chi connectivity index (χ2n) is 6.56. The smallest absolute Gasteiger partial charge is 0.224 e. The van der Waals surface area contributed by atoms with Crippen LogP contribution in [0.4, 0.5) is 5.69 Å². The zero-order valence-corrected chi connectivity index (χ0v) is 18.6. The molecular weight excluding hydrogens is 404 g/mol. The lowest BCUT2D eigenvalue weighted by Gasteiger charge is -2.12. The molecule has 0 saturated carbocycles. The molecule has 1 amide bonds. The third-order valence-corrected chi connectivity index (χ3v) is 6.43. The van der Waals surface area contributed by atoms with E-state index < -0.39 is 0 Å². The Kier molecular flexibility index (Phi) is 7.17. The zero-order chi connectivity index (χ0) is 20.8. The number of nitrogens with one attached hydrogen (secondary N) is 1. The predicted molar refractivity (Wildman–Crippen MR) is 119 cm³/mol. The van der Waals surface area contributed by atoms with Crippen LogP contribution in [-0.2, 0) is 11.2 Å².